The molecule has 0 radical (unpaired) electrons. The van der Waals surface area contributed by atoms with Crippen molar-refractivity contribution in [2.45, 2.75) is 20.4 Å². The van der Waals surface area contributed by atoms with Crippen molar-refractivity contribution in [3.63, 3.8) is 0 Å². The monoisotopic (exact) mass is 369 g/mol. The second-order valence-corrected chi connectivity index (χ2v) is 7.18. The molecule has 1 amide bonds. The van der Waals surface area contributed by atoms with Gasteiger partial charge in [-0.2, -0.15) is 0 Å². The summed E-state index contributed by atoms with van der Waals surface area (Å²) in [6, 6.07) is 15.7. The molecule has 3 heterocycles. The van der Waals surface area contributed by atoms with E-state index in [-0.39, 0.29) is 5.91 Å². The smallest absolute Gasteiger partial charge is 0.251 e. The van der Waals surface area contributed by atoms with E-state index < -0.39 is 0 Å². The van der Waals surface area contributed by atoms with Crippen LogP contribution in [-0.2, 0) is 6.54 Å². The van der Waals surface area contributed by atoms with Crippen LogP contribution < -0.4 is 11.1 Å². The maximum atomic E-state index is 12.7. The summed E-state index contributed by atoms with van der Waals surface area (Å²) >= 11 is 0. The highest BCUT2D eigenvalue weighted by Crippen LogP contribution is 2.40. The van der Waals surface area contributed by atoms with Gasteiger partial charge in [0.1, 0.15) is 17.0 Å². The van der Waals surface area contributed by atoms with E-state index in [0.717, 1.165) is 49.5 Å². The van der Waals surface area contributed by atoms with E-state index in [1.165, 1.54) is 0 Å². The molecule has 138 valence electrons. The number of hydrogen-bond acceptors (Lipinski definition) is 4. The third-order valence-electron chi connectivity index (χ3n) is 5.39. The van der Waals surface area contributed by atoms with Crippen LogP contribution in [0.4, 0.5) is 5.82 Å². The standard InChI is InChI=1S/C23H19N3O2/c1-12-9-20(24)26-13(2)19(12)11-25-23(27)14-7-8-17-18(10-14)22-16-6-4-3-5-15(16)21(17)28-22/h3-10H,11H2,1-2H3,(H2,24,26)(H,25,27). The van der Waals surface area contributed by atoms with Crippen LogP contribution in [0.3, 0.4) is 0 Å². The van der Waals surface area contributed by atoms with Gasteiger partial charge in [0.25, 0.3) is 5.91 Å². The van der Waals surface area contributed by atoms with Crippen molar-refractivity contribution in [1.29, 1.82) is 0 Å². The van der Waals surface area contributed by atoms with Crippen LogP contribution in [0.2, 0.25) is 0 Å². The lowest BCUT2D eigenvalue weighted by molar-refractivity contribution is 0.0951. The molecule has 5 aromatic rings. The molecule has 0 aliphatic carbocycles. The van der Waals surface area contributed by atoms with E-state index in [0.29, 0.717) is 17.9 Å². The Bertz CT molecular complexity index is 1340. The Morgan fingerprint density at radius 3 is 2.39 bits per heavy atom. The van der Waals surface area contributed by atoms with Gasteiger partial charge in [-0.25, -0.2) is 4.98 Å². The van der Waals surface area contributed by atoms with Crippen molar-refractivity contribution >= 4 is 44.4 Å². The first-order chi connectivity index (χ1) is 13.5. The van der Waals surface area contributed by atoms with E-state index in [1.54, 1.807) is 0 Å². The molecule has 0 aliphatic rings. The van der Waals surface area contributed by atoms with Gasteiger partial charge in [-0.1, -0.05) is 24.3 Å². The van der Waals surface area contributed by atoms with Gasteiger partial charge < -0.3 is 15.5 Å². The maximum Gasteiger partial charge on any atom is 0.251 e. The molecule has 0 atom stereocenters. The van der Waals surface area contributed by atoms with Gasteiger partial charge >= 0.3 is 0 Å². The first kappa shape index (κ1) is 16.6. The second-order valence-electron chi connectivity index (χ2n) is 7.18. The normalized spacial score (nSPS) is 11.6. The highest BCUT2D eigenvalue weighted by Gasteiger charge is 2.18. The SMILES string of the molecule is Cc1cc(N)nc(C)c1CNC(=O)c1ccc2c(c1)c1oc2c2ccccc21. The van der Waals surface area contributed by atoms with E-state index in [2.05, 4.69) is 16.4 Å². The average Bonchev–Trinajstić information content (AvgIpc) is 3.24. The molecule has 5 rings (SSSR count). The third kappa shape index (κ3) is 2.40. The fraction of sp³-hybridized carbons (Fsp3) is 0.130. The molecule has 0 spiro atoms. The van der Waals surface area contributed by atoms with Gasteiger partial charge in [-0.15, -0.1) is 0 Å². The number of anilines is 1. The largest absolute Gasteiger partial charge is 0.455 e. The van der Waals surface area contributed by atoms with Crippen LogP contribution in [-0.4, -0.2) is 10.9 Å². The van der Waals surface area contributed by atoms with Gasteiger partial charge in [-0.05, 0) is 49.2 Å². The Morgan fingerprint density at radius 2 is 1.68 bits per heavy atom. The quantitative estimate of drug-likeness (QED) is 0.452. The number of carbonyl (C=O) groups excluding carboxylic acids is 1. The number of carbonyl (C=O) groups is 1. The minimum atomic E-state index is -0.125. The lowest BCUT2D eigenvalue weighted by Gasteiger charge is -2.11. The van der Waals surface area contributed by atoms with Crippen molar-refractivity contribution in [2.24, 2.45) is 0 Å². The lowest BCUT2D eigenvalue weighted by atomic mass is 10.0. The van der Waals surface area contributed by atoms with Crippen LogP contribution in [0.5, 0.6) is 0 Å². The lowest BCUT2D eigenvalue weighted by Crippen LogP contribution is -2.24. The first-order valence-electron chi connectivity index (χ1n) is 9.20. The first-order valence-corrected chi connectivity index (χ1v) is 9.20. The molecule has 2 bridgehead atoms. The summed E-state index contributed by atoms with van der Waals surface area (Å²) in [7, 11) is 0. The molecule has 28 heavy (non-hydrogen) atoms. The molecule has 5 nitrogen and oxygen atoms in total. The number of amides is 1. The molecule has 0 saturated carbocycles. The highest BCUT2D eigenvalue weighted by atomic mass is 16.3. The van der Waals surface area contributed by atoms with Gasteiger partial charge in [0, 0.05) is 39.3 Å². The molecule has 5 heteroatoms. The molecule has 0 saturated heterocycles. The van der Waals surface area contributed by atoms with Crippen molar-refractivity contribution in [2.75, 3.05) is 5.73 Å². The fourth-order valence-corrected chi connectivity index (χ4v) is 3.99. The molecular formula is C23H19N3O2. The minimum Gasteiger partial charge on any atom is -0.455 e. The third-order valence-corrected chi connectivity index (χ3v) is 5.39. The number of fused-ring (bicyclic) bond motifs is 8. The van der Waals surface area contributed by atoms with Gasteiger partial charge in [0.05, 0.1) is 0 Å². The topological polar surface area (TPSA) is 81.1 Å². The molecule has 2 aromatic carbocycles. The van der Waals surface area contributed by atoms with Crippen molar-refractivity contribution in [1.82, 2.24) is 10.3 Å². The zero-order valence-corrected chi connectivity index (χ0v) is 15.7. The number of nitrogens with one attached hydrogen (secondary N) is 1. The molecule has 3 aromatic heterocycles. The zero-order chi connectivity index (χ0) is 19.4. The summed E-state index contributed by atoms with van der Waals surface area (Å²) in [6.45, 7) is 4.29. The summed E-state index contributed by atoms with van der Waals surface area (Å²) in [6.07, 6.45) is 0. The van der Waals surface area contributed by atoms with E-state index in [1.807, 2.05) is 56.3 Å². The number of nitrogen functional groups attached to an aromatic ring is 1. The van der Waals surface area contributed by atoms with E-state index in [9.17, 15) is 4.79 Å². The highest BCUT2D eigenvalue weighted by molar-refractivity contribution is 6.25. The zero-order valence-electron chi connectivity index (χ0n) is 15.7. The summed E-state index contributed by atoms with van der Waals surface area (Å²) in [5, 5.41) is 7.21. The summed E-state index contributed by atoms with van der Waals surface area (Å²) in [5.74, 6) is 0.369. The molecule has 0 aliphatic heterocycles. The summed E-state index contributed by atoms with van der Waals surface area (Å²) < 4.78 is 6.00. The number of aromatic nitrogens is 1. The van der Waals surface area contributed by atoms with Gasteiger partial charge in [0.15, 0.2) is 0 Å². The number of benzene rings is 3. The van der Waals surface area contributed by atoms with Gasteiger partial charge in [0.2, 0.25) is 0 Å². The number of furan rings is 2. The Kier molecular flexibility index (Phi) is 3.52. The Balaban J connectivity index is 1.47. The number of aryl methyl sites for hydroxylation is 2. The minimum absolute atomic E-state index is 0.125. The molecular weight excluding hydrogens is 350 g/mol. The van der Waals surface area contributed by atoms with Crippen LogP contribution in [0.25, 0.3) is 32.7 Å². The maximum absolute atomic E-state index is 12.7. The Hall–Kier alpha value is -3.60. The number of hydrogen-bond donors (Lipinski definition) is 2. The number of rotatable bonds is 3. The Labute approximate surface area is 161 Å². The summed E-state index contributed by atoms with van der Waals surface area (Å²) in [4.78, 5) is 17.0. The number of pyridine rings is 1. The fourth-order valence-electron chi connectivity index (χ4n) is 3.99. The van der Waals surface area contributed by atoms with Crippen LogP contribution >= 0.6 is 0 Å². The number of nitrogens with zero attached hydrogens (tertiary/aromatic N) is 1. The van der Waals surface area contributed by atoms with Crippen LogP contribution in [0.15, 0.2) is 52.9 Å². The second kappa shape index (κ2) is 5.96. The van der Waals surface area contributed by atoms with Gasteiger partial charge in [-0.3, -0.25) is 4.79 Å². The van der Waals surface area contributed by atoms with E-state index in [4.69, 9.17) is 10.2 Å². The Morgan fingerprint density at radius 1 is 1.00 bits per heavy atom. The van der Waals surface area contributed by atoms with E-state index >= 15 is 0 Å². The predicted molar refractivity (Wildman–Crippen MR) is 112 cm³/mol. The molecule has 3 N–H and O–H groups in total. The van der Waals surface area contributed by atoms with Crippen molar-refractivity contribution in [3.8, 4) is 0 Å². The average molecular weight is 369 g/mol. The number of nitrogens with two attached hydrogens (primary N) is 1. The molecule has 0 unspecified atom stereocenters. The predicted octanol–water partition coefficient (Wildman–Crippen LogP) is 4.70. The van der Waals surface area contributed by atoms with Crippen molar-refractivity contribution < 1.29 is 9.21 Å². The van der Waals surface area contributed by atoms with Crippen LogP contribution in [0.1, 0.15) is 27.2 Å². The van der Waals surface area contributed by atoms with Crippen LogP contribution in [0, 0.1) is 13.8 Å². The summed E-state index contributed by atoms with van der Waals surface area (Å²) in [5.41, 5.74) is 11.0. The molecule has 0 fully saturated rings. The van der Waals surface area contributed by atoms with Crippen molar-refractivity contribution in [3.05, 3.63) is 70.9 Å².